The average molecular weight is 289 g/mol. The molecule has 0 aliphatic rings. The maximum absolute atomic E-state index is 12.4. The van der Waals surface area contributed by atoms with Crippen LogP contribution in [0.5, 0.6) is 0 Å². The predicted octanol–water partition coefficient (Wildman–Crippen LogP) is 1.73. The third-order valence-electron chi connectivity index (χ3n) is 1.94. The van der Waals surface area contributed by atoms with E-state index in [2.05, 4.69) is 21.2 Å². The Morgan fingerprint density at radius 1 is 1.63 bits per heavy atom. The van der Waals surface area contributed by atoms with Crippen molar-refractivity contribution in [3.05, 3.63) is 18.0 Å². The molecule has 4 nitrogen and oxygen atoms in total. The van der Waals surface area contributed by atoms with Crippen LogP contribution in [0.1, 0.15) is 12.6 Å². The highest BCUT2D eigenvalue weighted by atomic mass is 32.2. The summed E-state index contributed by atoms with van der Waals surface area (Å²) in [5, 5.41) is 1.67. The number of amides is 1. The number of nitrogens with one attached hydrogen (secondary N) is 1. The Morgan fingerprint density at radius 2 is 2.32 bits per heavy atom. The molecule has 19 heavy (non-hydrogen) atoms. The van der Waals surface area contributed by atoms with Crippen LogP contribution in [0.15, 0.2) is 17.4 Å². The minimum atomic E-state index is -4.53. The quantitative estimate of drug-likeness (QED) is 0.521. The van der Waals surface area contributed by atoms with E-state index < -0.39 is 17.1 Å². The fourth-order valence-electron chi connectivity index (χ4n) is 1.05. The molecule has 0 aromatic carbocycles. The summed E-state index contributed by atoms with van der Waals surface area (Å²) in [7, 11) is 0. The van der Waals surface area contributed by atoms with Crippen LogP contribution in [-0.2, 0) is 11.0 Å². The zero-order valence-electron chi connectivity index (χ0n) is 9.86. The van der Waals surface area contributed by atoms with E-state index in [0.29, 0.717) is 0 Å². The van der Waals surface area contributed by atoms with Gasteiger partial charge in [0.15, 0.2) is 5.16 Å². The Morgan fingerprint density at radius 3 is 2.89 bits per heavy atom. The average Bonchev–Trinajstić information content (AvgIpc) is 2.35. The molecule has 1 heterocycles. The summed E-state index contributed by atoms with van der Waals surface area (Å²) in [6, 6.07) is 0.771. The molecule has 8 heteroatoms. The summed E-state index contributed by atoms with van der Waals surface area (Å²) in [4.78, 5) is 18.5. The number of thioether (sulfide) groups is 1. The van der Waals surface area contributed by atoms with Gasteiger partial charge in [-0.1, -0.05) is 17.7 Å². The van der Waals surface area contributed by atoms with Crippen molar-refractivity contribution in [3.63, 3.8) is 0 Å². The molecule has 0 saturated carbocycles. The second-order valence-electron chi connectivity index (χ2n) is 3.40. The van der Waals surface area contributed by atoms with Gasteiger partial charge in [0, 0.05) is 6.20 Å². The van der Waals surface area contributed by atoms with Crippen molar-refractivity contribution in [2.45, 2.75) is 23.5 Å². The van der Waals surface area contributed by atoms with Crippen LogP contribution in [0, 0.1) is 12.3 Å². The van der Waals surface area contributed by atoms with E-state index in [4.69, 9.17) is 6.42 Å². The number of carbonyl (C=O) groups is 1. The second kappa shape index (κ2) is 6.43. The summed E-state index contributed by atoms with van der Waals surface area (Å²) in [6.07, 6.45) is 1.45. The molecular weight excluding hydrogens is 279 g/mol. The van der Waals surface area contributed by atoms with Crippen LogP contribution in [0.4, 0.5) is 13.2 Å². The van der Waals surface area contributed by atoms with Gasteiger partial charge < -0.3 is 5.32 Å². The van der Waals surface area contributed by atoms with E-state index in [1.807, 2.05) is 0 Å². The summed E-state index contributed by atoms with van der Waals surface area (Å²) < 4.78 is 37.3. The first-order chi connectivity index (χ1) is 8.84. The molecule has 102 valence electrons. The van der Waals surface area contributed by atoms with Gasteiger partial charge in [0.2, 0.25) is 5.91 Å². The van der Waals surface area contributed by atoms with Crippen molar-refractivity contribution in [3.8, 4) is 12.3 Å². The lowest BCUT2D eigenvalue weighted by Crippen LogP contribution is -2.31. The van der Waals surface area contributed by atoms with Crippen LogP contribution in [0.2, 0.25) is 0 Å². The lowest BCUT2D eigenvalue weighted by Gasteiger charge is -2.10. The Labute approximate surface area is 112 Å². The molecule has 0 bridgehead atoms. The van der Waals surface area contributed by atoms with Crippen molar-refractivity contribution in [1.82, 2.24) is 15.3 Å². The monoisotopic (exact) mass is 289 g/mol. The predicted molar refractivity (Wildman–Crippen MR) is 64.2 cm³/mol. The minimum Gasteiger partial charge on any atom is -0.344 e. The van der Waals surface area contributed by atoms with E-state index >= 15 is 0 Å². The number of hydrogen-bond acceptors (Lipinski definition) is 4. The first-order valence-electron chi connectivity index (χ1n) is 5.12. The molecule has 1 atom stereocenters. The number of rotatable bonds is 4. The third-order valence-corrected chi connectivity index (χ3v) is 2.92. The zero-order chi connectivity index (χ0) is 14.5. The lowest BCUT2D eigenvalue weighted by atomic mass is 10.4. The highest BCUT2D eigenvalue weighted by molar-refractivity contribution is 8.00. The molecule has 1 aromatic heterocycles. The topological polar surface area (TPSA) is 54.9 Å². The van der Waals surface area contributed by atoms with E-state index in [-0.39, 0.29) is 17.6 Å². The van der Waals surface area contributed by atoms with Crippen molar-refractivity contribution >= 4 is 17.7 Å². The van der Waals surface area contributed by atoms with E-state index in [1.165, 1.54) is 6.92 Å². The molecule has 0 radical (unpaired) electrons. The highest BCUT2D eigenvalue weighted by Gasteiger charge is 2.33. The van der Waals surface area contributed by atoms with E-state index in [1.54, 1.807) is 0 Å². The molecular formula is C11H10F3N3OS. The number of halogens is 3. The van der Waals surface area contributed by atoms with Gasteiger partial charge in [0.1, 0.15) is 5.69 Å². The molecule has 0 spiro atoms. The van der Waals surface area contributed by atoms with Gasteiger partial charge in [-0.15, -0.1) is 6.42 Å². The number of nitrogens with zero attached hydrogens (tertiary/aromatic N) is 2. The molecule has 1 aromatic rings. The van der Waals surface area contributed by atoms with Crippen molar-refractivity contribution < 1.29 is 18.0 Å². The van der Waals surface area contributed by atoms with Crippen LogP contribution in [0.25, 0.3) is 0 Å². The molecule has 1 N–H and O–H groups in total. The maximum Gasteiger partial charge on any atom is 0.433 e. The van der Waals surface area contributed by atoms with Gasteiger partial charge in [-0.3, -0.25) is 4.79 Å². The SMILES string of the molecule is C#CCNC(=O)[C@@H](C)Sc1nccc(C(F)(F)F)n1. The molecule has 0 saturated heterocycles. The van der Waals surface area contributed by atoms with Gasteiger partial charge in [-0.2, -0.15) is 13.2 Å². The van der Waals surface area contributed by atoms with E-state index in [0.717, 1.165) is 24.0 Å². The summed E-state index contributed by atoms with van der Waals surface area (Å²) in [5.41, 5.74) is -1.04. The Balaban J connectivity index is 2.72. The summed E-state index contributed by atoms with van der Waals surface area (Å²) in [6.45, 7) is 1.59. The summed E-state index contributed by atoms with van der Waals surface area (Å²) >= 11 is 0.830. The van der Waals surface area contributed by atoms with Crippen molar-refractivity contribution in [1.29, 1.82) is 0 Å². The molecule has 0 fully saturated rings. The first kappa shape index (κ1) is 15.3. The molecule has 1 rings (SSSR count). The van der Waals surface area contributed by atoms with Crippen LogP contribution in [-0.4, -0.2) is 27.7 Å². The molecule has 1 amide bonds. The number of carbonyl (C=O) groups excluding carboxylic acids is 1. The Kier molecular flexibility index (Phi) is 5.18. The smallest absolute Gasteiger partial charge is 0.344 e. The van der Waals surface area contributed by atoms with Gasteiger partial charge in [-0.05, 0) is 13.0 Å². The molecule has 0 aliphatic heterocycles. The third kappa shape index (κ3) is 4.79. The summed E-state index contributed by atoms with van der Waals surface area (Å²) in [5.74, 6) is 1.84. The standard InChI is InChI=1S/C11H10F3N3OS/c1-3-5-15-9(18)7(2)19-10-16-6-4-8(17-10)11(12,13)14/h1,4,6-7H,5H2,2H3,(H,15,18)/t7-/m1/s1. The van der Waals surface area contributed by atoms with Gasteiger partial charge in [0.25, 0.3) is 0 Å². The second-order valence-corrected chi connectivity index (χ2v) is 4.71. The van der Waals surface area contributed by atoms with E-state index in [9.17, 15) is 18.0 Å². The normalized spacial score (nSPS) is 12.6. The van der Waals surface area contributed by atoms with Crippen molar-refractivity contribution in [2.75, 3.05) is 6.54 Å². The van der Waals surface area contributed by atoms with Gasteiger partial charge >= 0.3 is 6.18 Å². The molecule has 0 aliphatic carbocycles. The van der Waals surface area contributed by atoms with Crippen molar-refractivity contribution in [2.24, 2.45) is 0 Å². The molecule has 0 unspecified atom stereocenters. The van der Waals surface area contributed by atoms with Crippen LogP contribution < -0.4 is 5.32 Å². The first-order valence-corrected chi connectivity index (χ1v) is 6.00. The highest BCUT2D eigenvalue weighted by Crippen LogP contribution is 2.29. The van der Waals surface area contributed by atoms with Crippen LogP contribution in [0.3, 0.4) is 0 Å². The fraction of sp³-hybridized carbons (Fsp3) is 0.364. The fourth-order valence-corrected chi connectivity index (χ4v) is 1.83. The van der Waals surface area contributed by atoms with Crippen LogP contribution >= 0.6 is 11.8 Å². The lowest BCUT2D eigenvalue weighted by molar-refractivity contribution is -0.141. The van der Waals surface area contributed by atoms with Gasteiger partial charge in [0.05, 0.1) is 11.8 Å². The Hall–Kier alpha value is -1.75. The number of terminal acetylenes is 1. The minimum absolute atomic E-state index is 0.0627. The maximum atomic E-state index is 12.4. The van der Waals surface area contributed by atoms with Gasteiger partial charge in [-0.25, -0.2) is 9.97 Å². The largest absolute Gasteiger partial charge is 0.433 e. The zero-order valence-corrected chi connectivity index (χ0v) is 10.7. The Bertz CT molecular complexity index is 499. The number of aromatic nitrogens is 2. The number of alkyl halides is 3. The number of hydrogen-bond donors (Lipinski definition) is 1.